The number of fused-ring (bicyclic) bond motifs is 2. The first-order valence-corrected chi connectivity index (χ1v) is 11.0. The van der Waals surface area contributed by atoms with Crippen LogP contribution >= 0.6 is 0 Å². The molecule has 0 saturated carbocycles. The van der Waals surface area contributed by atoms with E-state index in [2.05, 4.69) is 75.0 Å². The lowest BCUT2D eigenvalue weighted by molar-refractivity contribution is -0.123. The van der Waals surface area contributed by atoms with Crippen LogP contribution in [-0.2, 0) is 11.2 Å². The number of nitrogens with one attached hydrogen (secondary N) is 2. The molecule has 1 atom stereocenters. The average molecular weight is 413 g/mol. The molecule has 0 bridgehead atoms. The summed E-state index contributed by atoms with van der Waals surface area (Å²) in [5.41, 5.74) is 5.80. The van der Waals surface area contributed by atoms with Gasteiger partial charge in [-0.25, -0.2) is 0 Å². The van der Waals surface area contributed by atoms with Crippen LogP contribution in [0.2, 0.25) is 0 Å². The van der Waals surface area contributed by atoms with E-state index in [0.29, 0.717) is 6.54 Å². The number of carbonyl (C=O) groups is 1. The van der Waals surface area contributed by atoms with Crippen molar-refractivity contribution in [3.05, 3.63) is 90.0 Å². The summed E-state index contributed by atoms with van der Waals surface area (Å²) >= 11 is 0. The molecule has 2 aliphatic rings. The van der Waals surface area contributed by atoms with Crippen molar-refractivity contribution in [1.29, 1.82) is 0 Å². The van der Waals surface area contributed by atoms with E-state index >= 15 is 0 Å². The number of para-hydroxylation sites is 3. The van der Waals surface area contributed by atoms with Gasteiger partial charge in [-0.1, -0.05) is 54.6 Å². The van der Waals surface area contributed by atoms with Crippen molar-refractivity contribution in [3.63, 3.8) is 0 Å². The number of hydrogen-bond donors (Lipinski definition) is 2. The summed E-state index contributed by atoms with van der Waals surface area (Å²) < 4.78 is 0. The Bertz CT molecular complexity index is 1040. The molecule has 31 heavy (non-hydrogen) atoms. The third kappa shape index (κ3) is 4.42. The average Bonchev–Trinajstić information content (AvgIpc) is 2.96. The zero-order valence-electron chi connectivity index (χ0n) is 17.6. The molecule has 158 valence electrons. The molecule has 1 fully saturated rings. The van der Waals surface area contributed by atoms with Crippen LogP contribution in [0.3, 0.4) is 0 Å². The normalized spacial score (nSPS) is 18.3. The molecule has 3 aromatic rings. The molecule has 2 heterocycles. The zero-order valence-corrected chi connectivity index (χ0v) is 17.6. The topological polar surface area (TPSA) is 47.6 Å². The lowest BCUT2D eigenvalue weighted by Crippen LogP contribution is -2.49. The fraction of sp³-hybridized carbons (Fsp3) is 0.269. The smallest absolute Gasteiger partial charge is 0.234 e. The van der Waals surface area contributed by atoms with Gasteiger partial charge in [-0.15, -0.1) is 0 Å². The second kappa shape index (κ2) is 8.82. The summed E-state index contributed by atoms with van der Waals surface area (Å²) in [5.74, 6) is 0.0901. The molecule has 1 unspecified atom stereocenters. The number of amides is 1. The predicted molar refractivity (Wildman–Crippen MR) is 126 cm³/mol. The fourth-order valence-corrected chi connectivity index (χ4v) is 4.58. The van der Waals surface area contributed by atoms with Crippen LogP contribution in [0.1, 0.15) is 17.2 Å². The molecular weight excluding hydrogens is 384 g/mol. The third-order valence-corrected chi connectivity index (χ3v) is 6.24. The molecule has 2 aliphatic heterocycles. The molecule has 2 N–H and O–H groups in total. The van der Waals surface area contributed by atoms with E-state index in [4.69, 9.17) is 0 Å². The summed E-state index contributed by atoms with van der Waals surface area (Å²) in [4.78, 5) is 17.6. The molecule has 0 aromatic heterocycles. The van der Waals surface area contributed by atoms with Crippen LogP contribution in [0.25, 0.3) is 0 Å². The minimum absolute atomic E-state index is 0.0366. The maximum absolute atomic E-state index is 13.0. The van der Waals surface area contributed by atoms with Crippen LogP contribution in [0.15, 0.2) is 78.9 Å². The van der Waals surface area contributed by atoms with Crippen molar-refractivity contribution in [1.82, 2.24) is 10.2 Å². The van der Waals surface area contributed by atoms with Gasteiger partial charge in [-0.2, -0.15) is 0 Å². The van der Waals surface area contributed by atoms with Gasteiger partial charge in [0, 0.05) is 43.2 Å². The van der Waals surface area contributed by atoms with Gasteiger partial charge in [-0.3, -0.25) is 9.69 Å². The summed E-state index contributed by atoms with van der Waals surface area (Å²) in [5, 5.41) is 6.85. The first-order valence-electron chi connectivity index (χ1n) is 11.0. The first kappa shape index (κ1) is 19.6. The Kier molecular flexibility index (Phi) is 5.59. The highest BCUT2D eigenvalue weighted by Crippen LogP contribution is 2.34. The third-order valence-electron chi connectivity index (χ3n) is 6.24. The number of carbonyl (C=O) groups excluding carboxylic acids is 1. The van der Waals surface area contributed by atoms with Crippen LogP contribution in [-0.4, -0.2) is 43.5 Å². The van der Waals surface area contributed by atoms with Crippen molar-refractivity contribution in [2.75, 3.05) is 42.9 Å². The molecule has 0 radical (unpaired) electrons. The standard InChI is InChI=1S/C26H28N4O/c31-26(19-29-14-16-30(17-15-29)21-9-2-1-3-10-21)28-25-18-20-8-4-6-12-23(20)27-24-13-7-5-11-22(24)25/h1-13,25,27H,14-19H2,(H,28,31). The predicted octanol–water partition coefficient (Wildman–Crippen LogP) is 3.97. The second-order valence-corrected chi connectivity index (χ2v) is 8.29. The number of nitrogens with zero attached hydrogens (tertiary/aromatic N) is 2. The van der Waals surface area contributed by atoms with Gasteiger partial charge in [0.25, 0.3) is 0 Å². The van der Waals surface area contributed by atoms with Crippen LogP contribution in [0.5, 0.6) is 0 Å². The Hall–Kier alpha value is -3.31. The monoisotopic (exact) mass is 412 g/mol. The number of anilines is 3. The molecular formula is C26H28N4O. The minimum atomic E-state index is -0.0366. The molecule has 0 spiro atoms. The van der Waals surface area contributed by atoms with Crippen LogP contribution < -0.4 is 15.5 Å². The Morgan fingerprint density at radius 3 is 2.32 bits per heavy atom. The van der Waals surface area contributed by atoms with Gasteiger partial charge in [0.1, 0.15) is 0 Å². The first-order chi connectivity index (χ1) is 15.3. The fourth-order valence-electron chi connectivity index (χ4n) is 4.58. The van der Waals surface area contributed by atoms with E-state index in [0.717, 1.165) is 49.5 Å². The Morgan fingerprint density at radius 1 is 0.839 bits per heavy atom. The minimum Gasteiger partial charge on any atom is -0.369 e. The molecule has 3 aromatic carbocycles. The van der Waals surface area contributed by atoms with Gasteiger partial charge in [0.15, 0.2) is 0 Å². The molecule has 0 aliphatic carbocycles. The van der Waals surface area contributed by atoms with E-state index in [1.807, 2.05) is 24.3 Å². The van der Waals surface area contributed by atoms with E-state index in [1.54, 1.807) is 0 Å². The van der Waals surface area contributed by atoms with E-state index in [9.17, 15) is 4.79 Å². The number of hydrogen-bond acceptors (Lipinski definition) is 4. The Labute approximate surface area is 183 Å². The molecule has 5 heteroatoms. The summed E-state index contributed by atoms with van der Waals surface area (Å²) in [6.07, 6.45) is 0.785. The highest BCUT2D eigenvalue weighted by molar-refractivity contribution is 5.80. The maximum atomic E-state index is 13.0. The zero-order chi connectivity index (χ0) is 21.0. The number of benzene rings is 3. The van der Waals surface area contributed by atoms with E-state index < -0.39 is 0 Å². The molecule has 5 nitrogen and oxygen atoms in total. The highest BCUT2D eigenvalue weighted by atomic mass is 16.2. The lowest BCUT2D eigenvalue weighted by Gasteiger charge is -2.36. The van der Waals surface area contributed by atoms with Crippen LogP contribution in [0, 0.1) is 0 Å². The second-order valence-electron chi connectivity index (χ2n) is 8.29. The largest absolute Gasteiger partial charge is 0.369 e. The van der Waals surface area contributed by atoms with Gasteiger partial charge in [0.05, 0.1) is 12.6 Å². The SMILES string of the molecule is O=C(CN1CCN(c2ccccc2)CC1)NC1Cc2ccccc2Nc2ccccc21. The van der Waals surface area contributed by atoms with Crippen molar-refractivity contribution in [2.24, 2.45) is 0 Å². The van der Waals surface area contributed by atoms with Gasteiger partial charge in [-0.05, 0) is 41.8 Å². The molecule has 1 amide bonds. The van der Waals surface area contributed by atoms with Crippen molar-refractivity contribution >= 4 is 23.0 Å². The van der Waals surface area contributed by atoms with E-state index in [-0.39, 0.29) is 11.9 Å². The van der Waals surface area contributed by atoms with Gasteiger partial charge >= 0.3 is 0 Å². The Morgan fingerprint density at radius 2 is 1.52 bits per heavy atom. The number of piperazine rings is 1. The highest BCUT2D eigenvalue weighted by Gasteiger charge is 2.25. The quantitative estimate of drug-likeness (QED) is 0.681. The molecule has 1 saturated heterocycles. The van der Waals surface area contributed by atoms with Crippen molar-refractivity contribution < 1.29 is 4.79 Å². The van der Waals surface area contributed by atoms with E-state index in [1.165, 1.54) is 11.3 Å². The number of rotatable bonds is 4. The maximum Gasteiger partial charge on any atom is 0.234 e. The lowest BCUT2D eigenvalue weighted by atomic mass is 9.99. The van der Waals surface area contributed by atoms with Crippen molar-refractivity contribution in [3.8, 4) is 0 Å². The van der Waals surface area contributed by atoms with Crippen LogP contribution in [0.4, 0.5) is 17.1 Å². The van der Waals surface area contributed by atoms with Gasteiger partial charge in [0.2, 0.25) is 5.91 Å². The van der Waals surface area contributed by atoms with Gasteiger partial charge < -0.3 is 15.5 Å². The van der Waals surface area contributed by atoms with Crippen molar-refractivity contribution in [2.45, 2.75) is 12.5 Å². The summed E-state index contributed by atoms with van der Waals surface area (Å²) in [7, 11) is 0. The summed E-state index contributed by atoms with van der Waals surface area (Å²) in [6, 6.07) is 27.1. The summed E-state index contributed by atoms with van der Waals surface area (Å²) in [6.45, 7) is 4.12. The Balaban J connectivity index is 1.23. The molecule has 5 rings (SSSR count).